The van der Waals surface area contributed by atoms with Crippen LogP contribution in [0.15, 0.2) is 188 Å². The summed E-state index contributed by atoms with van der Waals surface area (Å²) in [7, 11) is 0. The Labute approximate surface area is 372 Å². The first kappa shape index (κ1) is 38.7. The molecule has 2 aliphatic carbocycles. The number of rotatable bonds is 7. The highest BCUT2D eigenvalue weighted by molar-refractivity contribution is 6.13. The average molecular weight is 810 g/mol. The number of allylic oxidation sites excluding steroid dienone is 2. The maximum Gasteiger partial charge on any atom is 0.0490 e. The van der Waals surface area contributed by atoms with Gasteiger partial charge >= 0.3 is 0 Å². The zero-order valence-electron chi connectivity index (χ0n) is 37.0. The van der Waals surface area contributed by atoms with Crippen molar-refractivity contribution >= 4 is 61.9 Å². The highest BCUT2D eigenvalue weighted by Crippen LogP contribution is 2.62. The summed E-state index contributed by atoms with van der Waals surface area (Å²) in [4.78, 5) is 2.37. The van der Waals surface area contributed by atoms with Crippen LogP contribution in [-0.4, -0.2) is 0 Å². The Morgan fingerprint density at radius 1 is 0.381 bits per heavy atom. The first-order chi connectivity index (χ1) is 30.6. The predicted octanol–water partition coefficient (Wildman–Crippen LogP) is 17.1. The monoisotopic (exact) mass is 809 g/mol. The minimum atomic E-state index is -0.0941. The maximum atomic E-state index is 2.49. The van der Waals surface area contributed by atoms with E-state index in [1.807, 2.05) is 0 Å². The molecule has 0 aromatic heterocycles. The van der Waals surface area contributed by atoms with E-state index in [0.717, 1.165) is 11.3 Å². The zero-order valence-corrected chi connectivity index (χ0v) is 37.0. The Bertz CT molecular complexity index is 3310. The summed E-state index contributed by atoms with van der Waals surface area (Å²) < 4.78 is 0. The molecule has 0 heterocycles. The number of para-hydroxylation sites is 2. The summed E-state index contributed by atoms with van der Waals surface area (Å²) in [6.07, 6.45) is 4.51. The second kappa shape index (κ2) is 14.7. The van der Waals surface area contributed by atoms with E-state index in [9.17, 15) is 0 Å². The van der Waals surface area contributed by atoms with Gasteiger partial charge in [0.05, 0.1) is 0 Å². The van der Waals surface area contributed by atoms with Crippen molar-refractivity contribution in [2.75, 3.05) is 4.90 Å². The van der Waals surface area contributed by atoms with Gasteiger partial charge in [-0.25, -0.2) is 0 Å². The van der Waals surface area contributed by atoms with Gasteiger partial charge < -0.3 is 4.90 Å². The highest BCUT2D eigenvalue weighted by Gasteiger charge is 2.49. The molecule has 0 amide bonds. The fraction of sp³-hybridized carbons (Fsp3) is 0.129. The van der Waals surface area contributed by atoms with Crippen LogP contribution < -0.4 is 4.90 Å². The molecule has 0 N–H and O–H groups in total. The van der Waals surface area contributed by atoms with E-state index in [2.05, 4.69) is 247 Å². The molecule has 63 heavy (non-hydrogen) atoms. The Kier molecular flexibility index (Phi) is 9.03. The Morgan fingerprint density at radius 2 is 0.857 bits per heavy atom. The molecular weight excluding hydrogens is 759 g/mol. The van der Waals surface area contributed by atoms with E-state index >= 15 is 0 Å². The highest BCUT2D eigenvalue weighted by atomic mass is 15.1. The second-order valence-electron chi connectivity index (χ2n) is 18.6. The zero-order chi connectivity index (χ0) is 43.0. The summed E-state index contributed by atoms with van der Waals surface area (Å²) in [6, 6.07) is 69.6. The van der Waals surface area contributed by atoms with Gasteiger partial charge in [-0.15, -0.1) is 0 Å². The normalized spacial score (nSPS) is 14.6. The summed E-state index contributed by atoms with van der Waals surface area (Å²) in [5.74, 6) is 0. The number of anilines is 3. The SMILES string of the molecule is Cc1ccccc1N(c1ccc(C=Cc2ccc(-c3ccc(-c4ccc5c(c4)C(C)(C)C4=C5C(C)(C)c5ccccc54)c4ccccc34)c3ccccc23)cc1)c1ccccc1C. The quantitative estimate of drug-likeness (QED) is 0.145. The molecule has 0 saturated heterocycles. The molecule has 0 saturated carbocycles. The number of benzene rings is 9. The summed E-state index contributed by atoms with van der Waals surface area (Å²) in [5, 5.41) is 5.04. The lowest BCUT2D eigenvalue weighted by Crippen LogP contribution is -2.19. The summed E-state index contributed by atoms with van der Waals surface area (Å²) in [6.45, 7) is 14.0. The van der Waals surface area contributed by atoms with E-state index in [1.165, 1.54) is 105 Å². The fourth-order valence-electron chi connectivity index (χ4n) is 11.0. The second-order valence-corrected chi connectivity index (χ2v) is 18.6. The van der Waals surface area contributed by atoms with E-state index in [1.54, 1.807) is 0 Å². The largest absolute Gasteiger partial charge is 0.310 e. The van der Waals surface area contributed by atoms with Crippen LogP contribution in [-0.2, 0) is 10.8 Å². The molecule has 1 nitrogen and oxygen atoms in total. The molecule has 0 aliphatic heterocycles. The molecule has 1 heteroatoms. The summed E-state index contributed by atoms with van der Waals surface area (Å²) >= 11 is 0. The number of nitrogens with zero attached hydrogens (tertiary/aromatic N) is 1. The van der Waals surface area contributed by atoms with Crippen LogP contribution in [0.3, 0.4) is 0 Å². The van der Waals surface area contributed by atoms with E-state index in [4.69, 9.17) is 0 Å². The number of hydrogen-bond acceptors (Lipinski definition) is 1. The Hall–Kier alpha value is -7.22. The van der Waals surface area contributed by atoms with Gasteiger partial charge in [0.2, 0.25) is 0 Å². The molecule has 9 aromatic rings. The number of fused-ring (bicyclic) bond motifs is 6. The lowest BCUT2D eigenvalue weighted by molar-refractivity contribution is 0.694. The molecular formula is C62H51N. The van der Waals surface area contributed by atoms with Crippen molar-refractivity contribution in [1.82, 2.24) is 0 Å². The standard InChI is InChI=1S/C62H51N/c1-40-17-7-15-25-57(40)63(58-26-16-8-18-41(58)2)45-33-28-42(29-34-45)27-30-43-31-35-51(48-20-10-9-19-46(43)48)52-38-37-47(49-21-11-12-22-50(49)52)44-32-36-54-56(39-44)62(5,6)59-53-23-13-14-24-55(53)61(3,4)60(54)59/h7-39H,1-6H3. The van der Waals surface area contributed by atoms with Gasteiger partial charge in [-0.3, -0.25) is 0 Å². The van der Waals surface area contributed by atoms with Crippen LogP contribution in [0, 0.1) is 13.8 Å². The van der Waals surface area contributed by atoms with Crippen LogP contribution in [0.4, 0.5) is 17.1 Å². The van der Waals surface area contributed by atoms with Crippen molar-refractivity contribution in [3.05, 3.63) is 233 Å². The van der Waals surface area contributed by atoms with Gasteiger partial charge in [-0.05, 0) is 144 Å². The van der Waals surface area contributed by atoms with Crippen molar-refractivity contribution in [1.29, 1.82) is 0 Å². The first-order valence-electron chi connectivity index (χ1n) is 22.3. The molecule has 11 rings (SSSR count). The van der Waals surface area contributed by atoms with Crippen molar-refractivity contribution < 1.29 is 0 Å². The third-order valence-corrected chi connectivity index (χ3v) is 14.1. The lowest BCUT2D eigenvalue weighted by atomic mass is 9.75. The van der Waals surface area contributed by atoms with E-state index in [0.29, 0.717) is 0 Å². The van der Waals surface area contributed by atoms with Crippen LogP contribution in [0.2, 0.25) is 0 Å². The third kappa shape index (κ3) is 6.13. The van der Waals surface area contributed by atoms with Crippen LogP contribution >= 0.6 is 0 Å². The van der Waals surface area contributed by atoms with Gasteiger partial charge in [-0.2, -0.15) is 0 Å². The third-order valence-electron chi connectivity index (χ3n) is 14.1. The molecule has 304 valence electrons. The van der Waals surface area contributed by atoms with Crippen LogP contribution in [0.25, 0.3) is 67.1 Å². The summed E-state index contributed by atoms with van der Waals surface area (Å²) in [5.41, 5.74) is 22.0. The molecule has 9 aromatic carbocycles. The Morgan fingerprint density at radius 3 is 1.51 bits per heavy atom. The molecule has 0 atom stereocenters. The average Bonchev–Trinajstić information content (AvgIpc) is 3.70. The van der Waals surface area contributed by atoms with Gasteiger partial charge in [-0.1, -0.05) is 198 Å². The molecule has 0 bridgehead atoms. The van der Waals surface area contributed by atoms with Crippen molar-refractivity contribution in [2.45, 2.75) is 52.4 Å². The fourth-order valence-corrected chi connectivity index (χ4v) is 11.0. The predicted molar refractivity (Wildman–Crippen MR) is 271 cm³/mol. The first-order valence-corrected chi connectivity index (χ1v) is 22.3. The van der Waals surface area contributed by atoms with Gasteiger partial charge in [0.25, 0.3) is 0 Å². The van der Waals surface area contributed by atoms with Crippen molar-refractivity contribution in [3.63, 3.8) is 0 Å². The molecule has 0 spiro atoms. The smallest absolute Gasteiger partial charge is 0.0490 e. The topological polar surface area (TPSA) is 3.24 Å². The number of aryl methyl sites for hydroxylation is 2. The maximum absolute atomic E-state index is 2.49. The molecule has 0 unspecified atom stereocenters. The van der Waals surface area contributed by atoms with Gasteiger partial charge in [0.1, 0.15) is 0 Å². The molecule has 2 aliphatic rings. The number of hydrogen-bond donors (Lipinski definition) is 0. The van der Waals surface area contributed by atoms with E-state index < -0.39 is 0 Å². The lowest BCUT2D eigenvalue weighted by Gasteiger charge is -2.28. The van der Waals surface area contributed by atoms with Crippen LogP contribution in [0.1, 0.15) is 72.2 Å². The van der Waals surface area contributed by atoms with Crippen molar-refractivity contribution in [2.24, 2.45) is 0 Å². The van der Waals surface area contributed by atoms with Gasteiger partial charge in [0.15, 0.2) is 0 Å². The van der Waals surface area contributed by atoms with Crippen molar-refractivity contribution in [3.8, 4) is 22.3 Å². The Balaban J connectivity index is 0.930. The molecule has 0 fully saturated rings. The minimum absolute atomic E-state index is 0.0311. The van der Waals surface area contributed by atoms with E-state index in [-0.39, 0.29) is 10.8 Å². The van der Waals surface area contributed by atoms with Gasteiger partial charge in [0, 0.05) is 27.9 Å². The molecule has 0 radical (unpaired) electrons. The minimum Gasteiger partial charge on any atom is -0.310 e. The van der Waals surface area contributed by atoms with Crippen LogP contribution in [0.5, 0.6) is 0 Å².